The normalized spacial score (nSPS) is 31.0. The molecule has 0 aromatic rings. The lowest BCUT2D eigenvalue weighted by Gasteiger charge is -2.35. The van der Waals surface area contributed by atoms with Crippen molar-refractivity contribution >= 4 is 11.9 Å². The summed E-state index contributed by atoms with van der Waals surface area (Å²) in [4.78, 5) is 24.4. The smallest absolute Gasteiger partial charge is 0.377 e. The number of halogens is 2. The molecule has 2 heterocycles. The van der Waals surface area contributed by atoms with E-state index in [-0.39, 0.29) is 12.5 Å². The fourth-order valence-corrected chi connectivity index (χ4v) is 2.40. The number of carbonyl (C=O) groups is 2. The maximum atomic E-state index is 13.1. The van der Waals surface area contributed by atoms with Crippen molar-refractivity contribution < 1.29 is 23.1 Å². The quantitative estimate of drug-likeness (QED) is 0.645. The molecule has 0 saturated carbocycles. The Kier molecular flexibility index (Phi) is 4.00. The Bertz CT molecular complexity index is 378. The van der Waals surface area contributed by atoms with Gasteiger partial charge in [-0.3, -0.25) is 9.69 Å². The highest BCUT2D eigenvalue weighted by atomic mass is 19.3. The van der Waals surface area contributed by atoms with E-state index >= 15 is 0 Å². The number of hydrogen-bond acceptors (Lipinski definition) is 5. The molecule has 0 spiro atoms. The monoisotopic (exact) mass is 277 g/mol. The van der Waals surface area contributed by atoms with Gasteiger partial charge >= 0.3 is 11.9 Å². The Labute approximate surface area is 109 Å². The predicted octanol–water partition coefficient (Wildman–Crippen LogP) is -1.04. The van der Waals surface area contributed by atoms with Gasteiger partial charge in [0.2, 0.25) is 5.91 Å². The average molecular weight is 277 g/mol. The minimum Gasteiger partial charge on any atom is -0.456 e. The lowest BCUT2D eigenvalue weighted by Crippen LogP contribution is -2.58. The average Bonchev–Trinajstić information content (AvgIpc) is 2.62. The highest BCUT2D eigenvalue weighted by molar-refractivity contribution is 5.82. The number of nitrogens with one attached hydrogen (secondary N) is 2. The maximum Gasteiger partial charge on any atom is 0.377 e. The van der Waals surface area contributed by atoms with Crippen LogP contribution in [0.2, 0.25) is 0 Å². The number of amides is 1. The van der Waals surface area contributed by atoms with E-state index in [1.54, 1.807) is 4.90 Å². The first-order valence-electron chi connectivity index (χ1n) is 6.19. The van der Waals surface area contributed by atoms with Crippen LogP contribution in [0.4, 0.5) is 8.78 Å². The van der Waals surface area contributed by atoms with Crippen LogP contribution in [0.1, 0.15) is 6.42 Å². The van der Waals surface area contributed by atoms with Gasteiger partial charge in [0.25, 0.3) is 0 Å². The molecule has 0 aromatic heterocycles. The lowest BCUT2D eigenvalue weighted by atomic mass is 10.1. The lowest BCUT2D eigenvalue weighted by molar-refractivity contribution is -0.159. The van der Waals surface area contributed by atoms with Crippen LogP contribution in [0.15, 0.2) is 0 Å². The first kappa shape index (κ1) is 14.1. The summed E-state index contributed by atoms with van der Waals surface area (Å²) in [6.45, 7) is 1.83. The molecule has 2 saturated heterocycles. The predicted molar refractivity (Wildman–Crippen MR) is 61.7 cm³/mol. The molecule has 2 aliphatic heterocycles. The molecule has 6 nitrogen and oxygen atoms in total. The van der Waals surface area contributed by atoms with E-state index in [4.69, 9.17) is 0 Å². The molecule has 0 bridgehead atoms. The fraction of sp³-hybridized carbons (Fsp3) is 0.818. The molecule has 2 fully saturated rings. The van der Waals surface area contributed by atoms with Gasteiger partial charge in [0, 0.05) is 33.2 Å². The Morgan fingerprint density at radius 1 is 1.63 bits per heavy atom. The summed E-state index contributed by atoms with van der Waals surface area (Å²) in [6, 6.07) is -0.424. The number of esters is 1. The van der Waals surface area contributed by atoms with E-state index in [1.807, 2.05) is 0 Å². The molecule has 2 atom stereocenters. The fourth-order valence-electron chi connectivity index (χ4n) is 2.40. The van der Waals surface area contributed by atoms with Crippen molar-refractivity contribution in [3.05, 3.63) is 0 Å². The number of nitrogens with zero attached hydrogens (tertiary/aromatic N) is 1. The maximum absolute atomic E-state index is 13.1. The standard InChI is InChI=1S/C11H17F2N3O3/c1-14-9(17)8-5-15-2-3-16(8)6-7-4-11(12,13)10(18)19-7/h7-8,15H,2-6H2,1H3,(H,14,17). The summed E-state index contributed by atoms with van der Waals surface area (Å²) in [5.74, 6) is -5.05. The highest BCUT2D eigenvalue weighted by Crippen LogP contribution is 2.31. The van der Waals surface area contributed by atoms with Gasteiger partial charge in [0.1, 0.15) is 12.1 Å². The van der Waals surface area contributed by atoms with Gasteiger partial charge in [-0.05, 0) is 0 Å². The third kappa shape index (κ3) is 3.01. The molecule has 2 N–H and O–H groups in total. The van der Waals surface area contributed by atoms with E-state index in [1.165, 1.54) is 7.05 Å². The third-order valence-corrected chi connectivity index (χ3v) is 3.40. The Morgan fingerprint density at radius 3 is 2.95 bits per heavy atom. The van der Waals surface area contributed by atoms with Crippen LogP contribution >= 0.6 is 0 Å². The van der Waals surface area contributed by atoms with Gasteiger partial charge in [0.15, 0.2) is 0 Å². The van der Waals surface area contributed by atoms with Crippen LogP contribution in [-0.4, -0.2) is 68.1 Å². The molecule has 2 aliphatic rings. The number of rotatable bonds is 3. The van der Waals surface area contributed by atoms with Crippen molar-refractivity contribution in [2.24, 2.45) is 0 Å². The van der Waals surface area contributed by atoms with Crippen LogP contribution in [0.5, 0.6) is 0 Å². The number of piperazine rings is 1. The number of cyclic esters (lactones) is 1. The second-order valence-electron chi connectivity index (χ2n) is 4.76. The van der Waals surface area contributed by atoms with Gasteiger partial charge in [0.05, 0.1) is 6.42 Å². The molecule has 0 radical (unpaired) electrons. The van der Waals surface area contributed by atoms with Crippen LogP contribution in [0.3, 0.4) is 0 Å². The van der Waals surface area contributed by atoms with E-state index in [9.17, 15) is 18.4 Å². The number of alkyl halides is 2. The first-order chi connectivity index (χ1) is 8.94. The van der Waals surface area contributed by atoms with E-state index in [0.717, 1.165) is 0 Å². The summed E-state index contributed by atoms with van der Waals surface area (Å²) in [5.41, 5.74) is 0. The zero-order valence-electron chi connectivity index (χ0n) is 10.6. The van der Waals surface area contributed by atoms with Crippen molar-refractivity contribution in [3.63, 3.8) is 0 Å². The van der Waals surface area contributed by atoms with Gasteiger partial charge < -0.3 is 15.4 Å². The summed E-state index contributed by atoms with van der Waals surface area (Å²) in [5, 5.41) is 5.61. The molecular weight excluding hydrogens is 260 g/mol. The van der Waals surface area contributed by atoms with Crippen molar-refractivity contribution in [1.82, 2.24) is 15.5 Å². The van der Waals surface area contributed by atoms with Crippen molar-refractivity contribution in [1.29, 1.82) is 0 Å². The first-order valence-corrected chi connectivity index (χ1v) is 6.19. The largest absolute Gasteiger partial charge is 0.456 e. The molecule has 2 rings (SSSR count). The zero-order valence-corrected chi connectivity index (χ0v) is 10.6. The molecule has 8 heteroatoms. The Balaban J connectivity index is 1.97. The molecule has 1 amide bonds. The third-order valence-electron chi connectivity index (χ3n) is 3.40. The minimum atomic E-state index is -3.40. The van der Waals surface area contributed by atoms with E-state index in [0.29, 0.717) is 19.6 Å². The zero-order chi connectivity index (χ0) is 14.0. The highest BCUT2D eigenvalue weighted by Gasteiger charge is 2.51. The molecule has 0 aromatic carbocycles. The molecule has 19 heavy (non-hydrogen) atoms. The SMILES string of the molecule is CNC(=O)C1CNCCN1CC1CC(F)(F)C(=O)O1. The van der Waals surface area contributed by atoms with E-state index in [2.05, 4.69) is 15.4 Å². The van der Waals surface area contributed by atoms with Crippen molar-refractivity contribution in [2.45, 2.75) is 24.5 Å². The summed E-state index contributed by atoms with van der Waals surface area (Å²) in [6.07, 6.45) is -1.47. The molecular formula is C11H17F2N3O3. The van der Waals surface area contributed by atoms with Gasteiger partial charge in [-0.15, -0.1) is 0 Å². The van der Waals surface area contributed by atoms with Crippen LogP contribution in [0, 0.1) is 0 Å². The van der Waals surface area contributed by atoms with Crippen LogP contribution < -0.4 is 10.6 Å². The van der Waals surface area contributed by atoms with Gasteiger partial charge in [-0.2, -0.15) is 8.78 Å². The van der Waals surface area contributed by atoms with Crippen molar-refractivity contribution in [2.75, 3.05) is 33.2 Å². The summed E-state index contributed by atoms with van der Waals surface area (Å²) < 4.78 is 30.8. The molecule has 0 aliphatic carbocycles. The van der Waals surface area contributed by atoms with Gasteiger partial charge in [-0.1, -0.05) is 0 Å². The number of ether oxygens (including phenoxy) is 1. The van der Waals surface area contributed by atoms with Gasteiger partial charge in [-0.25, -0.2) is 4.79 Å². The topological polar surface area (TPSA) is 70.7 Å². The Hall–Kier alpha value is -1.28. The summed E-state index contributed by atoms with van der Waals surface area (Å²) in [7, 11) is 1.53. The second kappa shape index (κ2) is 5.38. The summed E-state index contributed by atoms with van der Waals surface area (Å²) >= 11 is 0. The van der Waals surface area contributed by atoms with Crippen molar-refractivity contribution in [3.8, 4) is 0 Å². The van der Waals surface area contributed by atoms with Crippen LogP contribution in [0.25, 0.3) is 0 Å². The number of likely N-dealkylation sites (N-methyl/N-ethyl adjacent to an activating group) is 1. The number of hydrogen-bond donors (Lipinski definition) is 2. The molecule has 108 valence electrons. The van der Waals surface area contributed by atoms with E-state index < -0.39 is 30.5 Å². The minimum absolute atomic E-state index is 0.154. The second-order valence-corrected chi connectivity index (χ2v) is 4.76. The van der Waals surface area contributed by atoms with Crippen LogP contribution in [-0.2, 0) is 14.3 Å². The number of carbonyl (C=O) groups excluding carboxylic acids is 2. The Morgan fingerprint density at radius 2 is 2.37 bits per heavy atom. The molecule has 2 unspecified atom stereocenters.